The van der Waals surface area contributed by atoms with E-state index < -0.39 is 11.9 Å². The monoisotopic (exact) mass is 236 g/mol. The van der Waals surface area contributed by atoms with Crippen molar-refractivity contribution in [2.24, 2.45) is 7.05 Å². The number of aryl methyl sites for hydroxylation is 1. The van der Waals surface area contributed by atoms with Crippen LogP contribution in [0.25, 0.3) is 0 Å². The smallest absolute Gasteiger partial charge is 0.125 e. The molecule has 1 N–H and O–H groups in total. The number of ether oxygens (including phenoxy) is 1. The highest BCUT2D eigenvalue weighted by molar-refractivity contribution is 5.39. The van der Waals surface area contributed by atoms with Gasteiger partial charge in [-0.05, 0) is 18.2 Å². The van der Waals surface area contributed by atoms with E-state index in [9.17, 15) is 9.50 Å². The largest absolute Gasteiger partial charge is 0.496 e. The number of halogens is 1. The number of aliphatic hydroxyl groups is 1. The third-order valence-corrected chi connectivity index (χ3v) is 2.53. The van der Waals surface area contributed by atoms with E-state index in [4.69, 9.17) is 4.74 Å². The second kappa shape index (κ2) is 4.55. The van der Waals surface area contributed by atoms with E-state index in [1.165, 1.54) is 31.5 Å². The maximum Gasteiger partial charge on any atom is 0.125 e. The van der Waals surface area contributed by atoms with E-state index in [0.29, 0.717) is 16.9 Å². The zero-order valence-corrected chi connectivity index (χ0v) is 9.59. The molecule has 1 heterocycles. The van der Waals surface area contributed by atoms with Crippen molar-refractivity contribution >= 4 is 0 Å². The summed E-state index contributed by atoms with van der Waals surface area (Å²) in [4.78, 5) is 0. The van der Waals surface area contributed by atoms with Crippen molar-refractivity contribution < 1.29 is 14.2 Å². The quantitative estimate of drug-likeness (QED) is 0.881. The van der Waals surface area contributed by atoms with Crippen molar-refractivity contribution in [3.05, 3.63) is 47.5 Å². The fourth-order valence-corrected chi connectivity index (χ4v) is 1.68. The van der Waals surface area contributed by atoms with Gasteiger partial charge in [0.15, 0.2) is 0 Å². The second-order valence-electron chi connectivity index (χ2n) is 3.74. The van der Waals surface area contributed by atoms with Gasteiger partial charge in [-0.1, -0.05) is 0 Å². The molecule has 1 aromatic heterocycles. The van der Waals surface area contributed by atoms with Gasteiger partial charge in [0.05, 0.1) is 13.3 Å². The molecule has 0 aliphatic carbocycles. The fourth-order valence-electron chi connectivity index (χ4n) is 1.68. The van der Waals surface area contributed by atoms with Gasteiger partial charge >= 0.3 is 0 Å². The van der Waals surface area contributed by atoms with E-state index in [1.54, 1.807) is 17.9 Å². The average Bonchev–Trinajstić information content (AvgIpc) is 2.75. The molecule has 2 rings (SSSR count). The molecule has 1 atom stereocenters. The van der Waals surface area contributed by atoms with Gasteiger partial charge < -0.3 is 9.84 Å². The lowest BCUT2D eigenvalue weighted by atomic mass is 10.0. The lowest BCUT2D eigenvalue weighted by Crippen LogP contribution is -2.02. The van der Waals surface area contributed by atoms with Crippen molar-refractivity contribution in [2.75, 3.05) is 7.11 Å². The Bertz CT molecular complexity index is 525. The van der Waals surface area contributed by atoms with Crippen molar-refractivity contribution in [1.29, 1.82) is 0 Å². The molecule has 0 fully saturated rings. The van der Waals surface area contributed by atoms with Gasteiger partial charge in [-0.3, -0.25) is 4.68 Å². The number of aromatic nitrogens is 2. The molecular formula is C12H13FN2O2. The molecular weight excluding hydrogens is 223 g/mol. The molecule has 0 aliphatic heterocycles. The maximum atomic E-state index is 13.2. The van der Waals surface area contributed by atoms with Crippen LogP contribution in [0.4, 0.5) is 4.39 Å². The minimum Gasteiger partial charge on any atom is -0.496 e. The molecule has 0 radical (unpaired) electrons. The molecule has 1 unspecified atom stereocenters. The molecule has 5 heteroatoms. The summed E-state index contributed by atoms with van der Waals surface area (Å²) in [6.45, 7) is 0. The Morgan fingerprint density at radius 1 is 1.47 bits per heavy atom. The Balaban J connectivity index is 2.42. The first-order chi connectivity index (χ1) is 8.11. The Morgan fingerprint density at radius 3 is 2.82 bits per heavy atom. The van der Waals surface area contributed by atoms with Gasteiger partial charge in [-0.2, -0.15) is 5.10 Å². The van der Waals surface area contributed by atoms with Gasteiger partial charge in [0.25, 0.3) is 0 Å². The van der Waals surface area contributed by atoms with Crippen molar-refractivity contribution in [1.82, 2.24) is 9.78 Å². The predicted octanol–water partition coefficient (Wildman–Crippen LogP) is 1.65. The molecule has 90 valence electrons. The van der Waals surface area contributed by atoms with Crippen LogP contribution < -0.4 is 4.74 Å². The Morgan fingerprint density at radius 2 is 2.24 bits per heavy atom. The number of benzene rings is 1. The van der Waals surface area contributed by atoms with Gasteiger partial charge in [0.2, 0.25) is 0 Å². The lowest BCUT2D eigenvalue weighted by molar-refractivity contribution is 0.214. The summed E-state index contributed by atoms with van der Waals surface area (Å²) in [6.07, 6.45) is 2.26. The number of nitrogens with zero attached hydrogens (tertiary/aromatic N) is 2. The molecule has 0 aliphatic rings. The molecule has 0 bridgehead atoms. The number of rotatable bonds is 3. The second-order valence-corrected chi connectivity index (χ2v) is 3.74. The summed E-state index contributed by atoms with van der Waals surface area (Å²) < 4.78 is 19.8. The number of hydrogen-bond donors (Lipinski definition) is 1. The zero-order valence-electron chi connectivity index (χ0n) is 9.59. The van der Waals surface area contributed by atoms with E-state index in [2.05, 4.69) is 5.10 Å². The fraction of sp³-hybridized carbons (Fsp3) is 0.250. The van der Waals surface area contributed by atoms with Gasteiger partial charge in [0.1, 0.15) is 17.7 Å². The van der Waals surface area contributed by atoms with Crippen molar-refractivity contribution in [2.45, 2.75) is 6.10 Å². The normalized spacial score (nSPS) is 12.5. The molecule has 17 heavy (non-hydrogen) atoms. The molecule has 1 aromatic carbocycles. The van der Waals surface area contributed by atoms with Crippen LogP contribution in [0, 0.1) is 5.82 Å². The third kappa shape index (κ3) is 2.29. The summed E-state index contributed by atoms with van der Waals surface area (Å²) >= 11 is 0. The molecule has 2 aromatic rings. The van der Waals surface area contributed by atoms with E-state index in [1.807, 2.05) is 0 Å². The van der Waals surface area contributed by atoms with Crippen LogP contribution >= 0.6 is 0 Å². The first-order valence-electron chi connectivity index (χ1n) is 5.12. The van der Waals surface area contributed by atoms with E-state index in [-0.39, 0.29) is 0 Å². The molecule has 0 saturated heterocycles. The SMILES string of the molecule is COc1ccc(F)cc1C(O)c1cnn(C)c1. The van der Waals surface area contributed by atoms with Gasteiger partial charge in [-0.15, -0.1) is 0 Å². The first-order valence-corrected chi connectivity index (χ1v) is 5.12. The van der Waals surface area contributed by atoms with Crippen molar-refractivity contribution in [3.8, 4) is 5.75 Å². The minimum absolute atomic E-state index is 0.389. The van der Waals surface area contributed by atoms with Gasteiger partial charge in [0, 0.05) is 24.4 Å². The molecule has 0 spiro atoms. The van der Waals surface area contributed by atoms with E-state index in [0.717, 1.165) is 0 Å². The lowest BCUT2D eigenvalue weighted by Gasteiger charge is -2.13. The van der Waals surface area contributed by atoms with Crippen LogP contribution in [0.1, 0.15) is 17.2 Å². The number of aliphatic hydroxyl groups excluding tert-OH is 1. The molecule has 4 nitrogen and oxygen atoms in total. The molecule has 0 saturated carbocycles. The summed E-state index contributed by atoms with van der Waals surface area (Å²) in [5.74, 6) is 0.0338. The predicted molar refractivity (Wildman–Crippen MR) is 60.2 cm³/mol. The maximum absolute atomic E-state index is 13.2. The van der Waals surface area contributed by atoms with Gasteiger partial charge in [-0.25, -0.2) is 4.39 Å². The van der Waals surface area contributed by atoms with Crippen LogP contribution in [-0.4, -0.2) is 22.0 Å². The Labute approximate surface area is 98.3 Å². The first kappa shape index (κ1) is 11.6. The standard InChI is InChI=1S/C12H13FN2O2/c1-15-7-8(6-14-15)12(16)10-5-9(13)3-4-11(10)17-2/h3-7,12,16H,1-2H3. The zero-order chi connectivity index (χ0) is 12.4. The Kier molecular flexibility index (Phi) is 3.10. The van der Waals surface area contributed by atoms with Crippen LogP contribution in [0.2, 0.25) is 0 Å². The van der Waals surface area contributed by atoms with E-state index >= 15 is 0 Å². The third-order valence-electron chi connectivity index (χ3n) is 2.53. The topological polar surface area (TPSA) is 47.3 Å². The van der Waals surface area contributed by atoms with Crippen LogP contribution in [0.3, 0.4) is 0 Å². The van der Waals surface area contributed by atoms with Crippen molar-refractivity contribution in [3.63, 3.8) is 0 Å². The minimum atomic E-state index is -0.950. The van der Waals surface area contributed by atoms with Crippen LogP contribution in [0.5, 0.6) is 5.75 Å². The Hall–Kier alpha value is -1.88. The highest BCUT2D eigenvalue weighted by Crippen LogP contribution is 2.30. The van der Waals surface area contributed by atoms with Crippen LogP contribution in [-0.2, 0) is 7.05 Å². The number of methoxy groups -OCH3 is 1. The average molecular weight is 236 g/mol. The summed E-state index contributed by atoms with van der Waals surface area (Å²) in [5.41, 5.74) is 0.983. The molecule has 0 amide bonds. The summed E-state index contributed by atoms with van der Waals surface area (Å²) in [7, 11) is 3.23. The highest BCUT2D eigenvalue weighted by atomic mass is 19.1. The summed E-state index contributed by atoms with van der Waals surface area (Å²) in [5, 5.41) is 14.1. The highest BCUT2D eigenvalue weighted by Gasteiger charge is 2.17. The number of hydrogen-bond acceptors (Lipinski definition) is 3. The summed E-state index contributed by atoms with van der Waals surface area (Å²) in [6, 6.07) is 4.04. The van der Waals surface area contributed by atoms with Crippen LogP contribution in [0.15, 0.2) is 30.6 Å².